The first-order valence-corrected chi connectivity index (χ1v) is 2.05. The number of aliphatic hydroxyl groups is 1. The summed E-state index contributed by atoms with van der Waals surface area (Å²) >= 11 is 0. The smallest absolute Gasteiger partial charge is 0.0856 e. The molecule has 0 aromatic rings. The standard InChI is InChI=1S/C4H8O2/c1-6-4-2-3(4)5/h3-5H,2H2,1H3. The molecule has 36 valence electrons. The van der Waals surface area contributed by atoms with Gasteiger partial charge in [0.1, 0.15) is 0 Å². The number of aliphatic hydroxyl groups excluding tert-OH is 1. The normalized spacial score (nSPS) is 43.0. The summed E-state index contributed by atoms with van der Waals surface area (Å²) in [5, 5.41) is 8.50. The van der Waals surface area contributed by atoms with E-state index in [9.17, 15) is 0 Å². The van der Waals surface area contributed by atoms with Crippen LogP contribution in [0.3, 0.4) is 0 Å². The van der Waals surface area contributed by atoms with Gasteiger partial charge in [-0.05, 0) is 0 Å². The highest BCUT2D eigenvalue weighted by atomic mass is 16.5. The SMILES string of the molecule is COC1CC1O. The van der Waals surface area contributed by atoms with Gasteiger partial charge in [0.25, 0.3) is 0 Å². The second-order valence-corrected chi connectivity index (χ2v) is 1.58. The van der Waals surface area contributed by atoms with E-state index < -0.39 is 0 Å². The molecule has 2 atom stereocenters. The van der Waals surface area contributed by atoms with Gasteiger partial charge in [0.15, 0.2) is 0 Å². The third kappa shape index (κ3) is 0.533. The van der Waals surface area contributed by atoms with Crippen molar-refractivity contribution in [3.8, 4) is 0 Å². The third-order valence-electron chi connectivity index (χ3n) is 1.00. The minimum atomic E-state index is -0.157. The number of ether oxygens (including phenoxy) is 1. The first-order valence-electron chi connectivity index (χ1n) is 2.05. The predicted octanol–water partition coefficient (Wildman–Crippen LogP) is -0.234. The Labute approximate surface area is 36.7 Å². The number of hydrogen-bond donors (Lipinski definition) is 1. The van der Waals surface area contributed by atoms with Crippen LogP contribution in [0.15, 0.2) is 0 Å². The van der Waals surface area contributed by atoms with Crippen LogP contribution in [-0.2, 0) is 4.74 Å². The molecule has 0 heterocycles. The fraction of sp³-hybridized carbons (Fsp3) is 1.00. The van der Waals surface area contributed by atoms with E-state index in [1.807, 2.05) is 0 Å². The summed E-state index contributed by atoms with van der Waals surface area (Å²) in [4.78, 5) is 0. The largest absolute Gasteiger partial charge is 0.390 e. The van der Waals surface area contributed by atoms with Crippen LogP contribution in [0.25, 0.3) is 0 Å². The van der Waals surface area contributed by atoms with E-state index in [-0.39, 0.29) is 12.2 Å². The van der Waals surface area contributed by atoms with E-state index in [1.54, 1.807) is 7.11 Å². The Bertz CT molecular complexity index is 51.5. The van der Waals surface area contributed by atoms with Crippen molar-refractivity contribution in [3.05, 3.63) is 0 Å². The molecule has 0 aromatic carbocycles. The summed E-state index contributed by atoms with van der Waals surface area (Å²) in [7, 11) is 1.61. The van der Waals surface area contributed by atoms with Gasteiger partial charge in [-0.25, -0.2) is 0 Å². The Morgan fingerprint density at radius 3 is 2.33 bits per heavy atom. The molecule has 0 radical (unpaired) electrons. The molecule has 1 fully saturated rings. The van der Waals surface area contributed by atoms with Crippen LogP contribution >= 0.6 is 0 Å². The molecule has 2 heteroatoms. The highest BCUT2D eigenvalue weighted by Gasteiger charge is 2.34. The molecule has 0 saturated heterocycles. The van der Waals surface area contributed by atoms with E-state index in [1.165, 1.54) is 0 Å². The van der Waals surface area contributed by atoms with Crippen molar-refractivity contribution in [2.45, 2.75) is 18.6 Å². The second-order valence-electron chi connectivity index (χ2n) is 1.58. The average molecular weight is 88.1 g/mol. The lowest BCUT2D eigenvalue weighted by Gasteiger charge is -1.84. The molecular formula is C4H8O2. The molecule has 1 aliphatic carbocycles. The van der Waals surface area contributed by atoms with Crippen LogP contribution in [0, 0.1) is 0 Å². The van der Waals surface area contributed by atoms with Crippen molar-refractivity contribution in [2.75, 3.05) is 7.11 Å². The molecule has 0 aliphatic heterocycles. The Hall–Kier alpha value is -0.0800. The molecule has 1 N–H and O–H groups in total. The zero-order valence-corrected chi connectivity index (χ0v) is 3.72. The van der Waals surface area contributed by atoms with Gasteiger partial charge in [0.05, 0.1) is 12.2 Å². The molecule has 2 unspecified atom stereocenters. The molecule has 6 heavy (non-hydrogen) atoms. The van der Waals surface area contributed by atoms with Gasteiger partial charge in [0.2, 0.25) is 0 Å². The molecule has 1 saturated carbocycles. The predicted molar refractivity (Wildman–Crippen MR) is 21.4 cm³/mol. The Kier molecular flexibility index (Phi) is 0.821. The van der Waals surface area contributed by atoms with Crippen molar-refractivity contribution in [3.63, 3.8) is 0 Å². The first-order chi connectivity index (χ1) is 2.84. The van der Waals surface area contributed by atoms with E-state index in [0.717, 1.165) is 6.42 Å². The van der Waals surface area contributed by atoms with E-state index >= 15 is 0 Å². The zero-order valence-electron chi connectivity index (χ0n) is 3.72. The molecule has 0 spiro atoms. The van der Waals surface area contributed by atoms with Crippen molar-refractivity contribution in [1.29, 1.82) is 0 Å². The minimum Gasteiger partial charge on any atom is -0.390 e. The fourth-order valence-corrected chi connectivity index (χ4v) is 0.413. The van der Waals surface area contributed by atoms with Crippen LogP contribution in [-0.4, -0.2) is 24.4 Å². The summed E-state index contributed by atoms with van der Waals surface area (Å²) in [5.41, 5.74) is 0. The number of methoxy groups -OCH3 is 1. The van der Waals surface area contributed by atoms with Gasteiger partial charge in [-0.2, -0.15) is 0 Å². The summed E-state index contributed by atoms with van der Waals surface area (Å²) in [6, 6.07) is 0. The van der Waals surface area contributed by atoms with Crippen LogP contribution in [0.1, 0.15) is 6.42 Å². The highest BCUT2D eigenvalue weighted by Crippen LogP contribution is 2.22. The molecule has 1 rings (SSSR count). The van der Waals surface area contributed by atoms with Gasteiger partial charge < -0.3 is 9.84 Å². The molecule has 1 aliphatic rings. The maximum absolute atomic E-state index is 8.50. The van der Waals surface area contributed by atoms with Crippen LogP contribution in [0.5, 0.6) is 0 Å². The monoisotopic (exact) mass is 88.1 g/mol. The number of hydrogen-bond acceptors (Lipinski definition) is 2. The number of rotatable bonds is 1. The van der Waals surface area contributed by atoms with Gasteiger partial charge in [-0.3, -0.25) is 0 Å². The van der Waals surface area contributed by atoms with Crippen LogP contribution < -0.4 is 0 Å². The van der Waals surface area contributed by atoms with Gasteiger partial charge in [-0.15, -0.1) is 0 Å². The summed E-state index contributed by atoms with van der Waals surface area (Å²) < 4.78 is 4.72. The summed E-state index contributed by atoms with van der Waals surface area (Å²) in [5.74, 6) is 0. The van der Waals surface area contributed by atoms with Crippen LogP contribution in [0.2, 0.25) is 0 Å². The molecular weight excluding hydrogens is 80.0 g/mol. The van der Waals surface area contributed by atoms with Crippen molar-refractivity contribution in [2.24, 2.45) is 0 Å². The lowest BCUT2D eigenvalue weighted by molar-refractivity contribution is 0.128. The van der Waals surface area contributed by atoms with Crippen molar-refractivity contribution < 1.29 is 9.84 Å². The molecule has 0 amide bonds. The summed E-state index contributed by atoms with van der Waals surface area (Å²) in [6.07, 6.45) is 0.830. The highest BCUT2D eigenvalue weighted by molar-refractivity contribution is 4.86. The van der Waals surface area contributed by atoms with Crippen molar-refractivity contribution >= 4 is 0 Å². The van der Waals surface area contributed by atoms with Gasteiger partial charge >= 0.3 is 0 Å². The fourth-order valence-electron chi connectivity index (χ4n) is 0.413. The second kappa shape index (κ2) is 1.21. The first kappa shape index (κ1) is 4.09. The average Bonchev–Trinajstić information content (AvgIpc) is 2.19. The van der Waals surface area contributed by atoms with Gasteiger partial charge in [0, 0.05) is 13.5 Å². The Morgan fingerprint density at radius 2 is 2.33 bits per heavy atom. The Morgan fingerprint density at radius 1 is 1.83 bits per heavy atom. The van der Waals surface area contributed by atoms with Crippen molar-refractivity contribution in [1.82, 2.24) is 0 Å². The van der Waals surface area contributed by atoms with Gasteiger partial charge in [-0.1, -0.05) is 0 Å². The topological polar surface area (TPSA) is 29.5 Å². The third-order valence-corrected chi connectivity index (χ3v) is 1.00. The maximum Gasteiger partial charge on any atom is 0.0856 e. The zero-order chi connectivity index (χ0) is 4.57. The molecule has 0 aromatic heterocycles. The Balaban J connectivity index is 2.09. The maximum atomic E-state index is 8.50. The summed E-state index contributed by atoms with van der Waals surface area (Å²) in [6.45, 7) is 0. The van der Waals surface area contributed by atoms with Crippen LogP contribution in [0.4, 0.5) is 0 Å². The van der Waals surface area contributed by atoms with E-state index in [0.29, 0.717) is 0 Å². The van der Waals surface area contributed by atoms with E-state index in [4.69, 9.17) is 9.84 Å². The quantitative estimate of drug-likeness (QED) is 0.479. The lowest BCUT2D eigenvalue weighted by Crippen LogP contribution is -1.92. The minimum absolute atomic E-state index is 0.157. The molecule has 0 bridgehead atoms. The molecule has 2 nitrogen and oxygen atoms in total. The lowest BCUT2D eigenvalue weighted by atomic mass is 10.8. The van der Waals surface area contributed by atoms with E-state index in [2.05, 4.69) is 0 Å².